The second-order valence-electron chi connectivity index (χ2n) is 6.70. The lowest BCUT2D eigenvalue weighted by atomic mass is 9.98. The second-order valence-corrected chi connectivity index (χ2v) is 8.64. The number of rotatable bonds is 3. The van der Waals surface area contributed by atoms with Gasteiger partial charge in [-0.25, -0.2) is 4.98 Å². The van der Waals surface area contributed by atoms with Crippen LogP contribution >= 0.6 is 27.3 Å². The maximum atomic E-state index is 12.9. The van der Waals surface area contributed by atoms with Crippen molar-refractivity contribution in [1.82, 2.24) is 9.97 Å². The van der Waals surface area contributed by atoms with Crippen molar-refractivity contribution in [2.24, 2.45) is 0 Å². The SMILES string of the molecule is COc1cc(OC)c(-c2nc3sc4c(c3c(=O)[nH]2)CCCCCC4)cc1Br. The first-order valence-electron chi connectivity index (χ1n) is 9.09. The van der Waals surface area contributed by atoms with E-state index in [0.29, 0.717) is 17.3 Å². The quantitative estimate of drug-likeness (QED) is 0.605. The van der Waals surface area contributed by atoms with Crippen LogP contribution < -0.4 is 15.0 Å². The zero-order valence-electron chi connectivity index (χ0n) is 15.4. The van der Waals surface area contributed by atoms with Gasteiger partial charge in [-0.15, -0.1) is 11.3 Å². The molecule has 142 valence electrons. The molecule has 0 unspecified atom stereocenters. The van der Waals surface area contributed by atoms with Crippen LogP contribution in [0.2, 0.25) is 0 Å². The maximum Gasteiger partial charge on any atom is 0.260 e. The highest BCUT2D eigenvalue weighted by atomic mass is 79.9. The summed E-state index contributed by atoms with van der Waals surface area (Å²) in [4.78, 5) is 22.9. The predicted octanol–water partition coefficient (Wildman–Crippen LogP) is 5.09. The molecule has 4 rings (SSSR count). The molecule has 0 radical (unpaired) electrons. The number of methoxy groups -OCH3 is 2. The second kappa shape index (κ2) is 7.64. The topological polar surface area (TPSA) is 64.2 Å². The van der Waals surface area contributed by atoms with Gasteiger partial charge in [0.15, 0.2) is 0 Å². The molecule has 5 nitrogen and oxygen atoms in total. The molecule has 0 saturated carbocycles. The highest BCUT2D eigenvalue weighted by Gasteiger charge is 2.20. The Bertz CT molecular complexity index is 1060. The van der Waals surface area contributed by atoms with E-state index in [1.807, 2.05) is 6.07 Å². The average Bonchev–Trinajstić information content (AvgIpc) is 2.98. The minimum atomic E-state index is -0.0675. The van der Waals surface area contributed by atoms with Gasteiger partial charge in [0.1, 0.15) is 22.2 Å². The molecule has 7 heteroatoms. The monoisotopic (exact) mass is 448 g/mol. The predicted molar refractivity (Wildman–Crippen MR) is 112 cm³/mol. The third-order valence-corrected chi connectivity index (χ3v) is 6.86. The van der Waals surface area contributed by atoms with Crippen LogP contribution in [0.3, 0.4) is 0 Å². The molecular weight excluding hydrogens is 428 g/mol. The zero-order chi connectivity index (χ0) is 19.0. The number of aryl methyl sites for hydroxylation is 2. The van der Waals surface area contributed by atoms with E-state index in [1.165, 1.54) is 29.7 Å². The Hall–Kier alpha value is -1.86. The number of fused-ring (bicyclic) bond motifs is 3. The Morgan fingerprint density at radius 2 is 1.81 bits per heavy atom. The van der Waals surface area contributed by atoms with E-state index >= 15 is 0 Å². The van der Waals surface area contributed by atoms with Crippen molar-refractivity contribution in [2.45, 2.75) is 38.5 Å². The van der Waals surface area contributed by atoms with Crippen molar-refractivity contribution in [3.63, 3.8) is 0 Å². The Morgan fingerprint density at radius 1 is 1.07 bits per heavy atom. The van der Waals surface area contributed by atoms with Gasteiger partial charge in [0.2, 0.25) is 0 Å². The number of benzene rings is 1. The number of ether oxygens (including phenoxy) is 2. The Kier molecular flexibility index (Phi) is 5.23. The largest absolute Gasteiger partial charge is 0.496 e. The van der Waals surface area contributed by atoms with Crippen molar-refractivity contribution in [1.29, 1.82) is 0 Å². The molecule has 27 heavy (non-hydrogen) atoms. The molecule has 0 aliphatic heterocycles. The molecule has 1 N–H and O–H groups in total. The van der Waals surface area contributed by atoms with Gasteiger partial charge in [0.25, 0.3) is 5.56 Å². The summed E-state index contributed by atoms with van der Waals surface area (Å²) in [5.41, 5.74) is 1.87. The molecule has 2 aromatic heterocycles. The van der Waals surface area contributed by atoms with Gasteiger partial charge in [-0.1, -0.05) is 12.8 Å². The first-order chi connectivity index (χ1) is 13.1. The van der Waals surface area contributed by atoms with Crippen LogP contribution in [0.1, 0.15) is 36.1 Å². The van der Waals surface area contributed by atoms with Gasteiger partial charge >= 0.3 is 0 Å². The van der Waals surface area contributed by atoms with Crippen molar-refractivity contribution in [2.75, 3.05) is 14.2 Å². The highest BCUT2D eigenvalue weighted by molar-refractivity contribution is 9.10. The fourth-order valence-electron chi connectivity index (χ4n) is 3.69. The fraction of sp³-hybridized carbons (Fsp3) is 0.400. The zero-order valence-corrected chi connectivity index (χ0v) is 17.8. The Labute approximate surface area is 169 Å². The fourth-order valence-corrected chi connectivity index (χ4v) is 5.46. The van der Waals surface area contributed by atoms with Crippen molar-refractivity contribution >= 4 is 37.5 Å². The minimum absolute atomic E-state index is 0.0675. The van der Waals surface area contributed by atoms with Gasteiger partial charge in [-0.3, -0.25) is 4.79 Å². The van der Waals surface area contributed by atoms with E-state index in [-0.39, 0.29) is 5.56 Å². The number of hydrogen-bond donors (Lipinski definition) is 1. The molecule has 0 amide bonds. The van der Waals surface area contributed by atoms with E-state index < -0.39 is 0 Å². The number of thiophene rings is 1. The first-order valence-corrected chi connectivity index (χ1v) is 10.7. The van der Waals surface area contributed by atoms with Gasteiger partial charge in [-0.2, -0.15) is 0 Å². The number of nitrogens with zero attached hydrogens (tertiary/aromatic N) is 1. The van der Waals surface area contributed by atoms with E-state index in [0.717, 1.165) is 39.5 Å². The van der Waals surface area contributed by atoms with Crippen LogP contribution in [0.5, 0.6) is 11.5 Å². The van der Waals surface area contributed by atoms with Crippen LogP contribution in [0.25, 0.3) is 21.6 Å². The third-order valence-electron chi connectivity index (χ3n) is 5.05. The van der Waals surface area contributed by atoms with Crippen LogP contribution in [0.4, 0.5) is 0 Å². The molecular formula is C20H21BrN2O3S. The Morgan fingerprint density at radius 3 is 2.56 bits per heavy atom. The number of halogens is 1. The molecule has 1 aliphatic carbocycles. The number of hydrogen-bond acceptors (Lipinski definition) is 5. The summed E-state index contributed by atoms with van der Waals surface area (Å²) in [6, 6.07) is 3.66. The summed E-state index contributed by atoms with van der Waals surface area (Å²) in [5.74, 6) is 1.78. The average molecular weight is 449 g/mol. The van der Waals surface area contributed by atoms with E-state index in [2.05, 4.69) is 20.9 Å². The number of aromatic nitrogens is 2. The van der Waals surface area contributed by atoms with Gasteiger partial charge in [0.05, 0.1) is 29.6 Å². The minimum Gasteiger partial charge on any atom is -0.496 e. The van der Waals surface area contributed by atoms with Crippen LogP contribution in [-0.2, 0) is 12.8 Å². The lowest BCUT2D eigenvalue weighted by molar-refractivity contribution is 0.393. The van der Waals surface area contributed by atoms with Crippen molar-refractivity contribution in [3.8, 4) is 22.9 Å². The number of H-pyrrole nitrogens is 1. The molecule has 2 heterocycles. The number of aromatic amines is 1. The lowest BCUT2D eigenvalue weighted by Gasteiger charge is -2.12. The number of nitrogens with one attached hydrogen (secondary N) is 1. The highest BCUT2D eigenvalue weighted by Crippen LogP contribution is 2.38. The standard InChI is InChI=1S/C20H21BrN2O3S/c1-25-14-10-15(26-2)13(21)9-12(14)18-22-19(24)17-11-7-5-3-4-6-8-16(11)27-20(17)23-18/h9-10H,3-8H2,1-2H3,(H,22,23,24). The van der Waals surface area contributed by atoms with Crippen molar-refractivity contribution in [3.05, 3.63) is 37.4 Å². The summed E-state index contributed by atoms with van der Waals surface area (Å²) in [6.07, 6.45) is 6.83. The normalized spacial score (nSPS) is 14.5. The van der Waals surface area contributed by atoms with E-state index in [4.69, 9.17) is 14.5 Å². The van der Waals surface area contributed by atoms with Gasteiger partial charge in [-0.05, 0) is 53.2 Å². The molecule has 0 bridgehead atoms. The Balaban J connectivity index is 1.90. The lowest BCUT2D eigenvalue weighted by Crippen LogP contribution is -2.11. The molecule has 0 fully saturated rings. The van der Waals surface area contributed by atoms with Crippen LogP contribution in [-0.4, -0.2) is 24.2 Å². The smallest absolute Gasteiger partial charge is 0.260 e. The van der Waals surface area contributed by atoms with E-state index in [9.17, 15) is 4.79 Å². The van der Waals surface area contributed by atoms with E-state index in [1.54, 1.807) is 31.6 Å². The summed E-state index contributed by atoms with van der Waals surface area (Å²) in [6.45, 7) is 0. The van der Waals surface area contributed by atoms with Crippen LogP contribution in [0, 0.1) is 0 Å². The summed E-state index contributed by atoms with van der Waals surface area (Å²) < 4.78 is 11.6. The van der Waals surface area contributed by atoms with Gasteiger partial charge < -0.3 is 14.5 Å². The molecule has 1 aliphatic rings. The van der Waals surface area contributed by atoms with Gasteiger partial charge in [0, 0.05) is 10.9 Å². The van der Waals surface area contributed by atoms with Crippen molar-refractivity contribution < 1.29 is 9.47 Å². The summed E-state index contributed by atoms with van der Waals surface area (Å²) in [5, 5.41) is 0.771. The molecule has 0 spiro atoms. The molecule has 1 aromatic carbocycles. The third kappa shape index (κ3) is 3.38. The molecule has 0 saturated heterocycles. The summed E-state index contributed by atoms with van der Waals surface area (Å²) >= 11 is 5.16. The first kappa shape index (κ1) is 18.5. The molecule has 0 atom stereocenters. The van der Waals surface area contributed by atoms with Crippen LogP contribution in [0.15, 0.2) is 21.4 Å². The maximum absolute atomic E-state index is 12.9. The molecule has 3 aromatic rings. The summed E-state index contributed by atoms with van der Waals surface area (Å²) in [7, 11) is 3.20.